The third kappa shape index (κ3) is 7.57. The van der Waals surface area contributed by atoms with Crippen LogP contribution in [0.5, 0.6) is 0 Å². The summed E-state index contributed by atoms with van der Waals surface area (Å²) in [7, 11) is -4.03. The molecule has 1 aliphatic carbocycles. The molecule has 0 bridgehead atoms. The van der Waals surface area contributed by atoms with Crippen molar-refractivity contribution in [3.63, 3.8) is 0 Å². The van der Waals surface area contributed by atoms with Crippen molar-refractivity contribution in [3.05, 3.63) is 28.8 Å². The average molecular weight is 473 g/mol. The molecule has 0 atom stereocenters. The molecule has 2 rings (SSSR count). The Balaban J connectivity index is 2.01. The van der Waals surface area contributed by atoms with Gasteiger partial charge < -0.3 is 5.32 Å². The summed E-state index contributed by atoms with van der Waals surface area (Å²) >= 11 is 7.71. The number of rotatable bonds is 8. The Morgan fingerprint density at radius 1 is 1.28 bits per heavy atom. The predicted octanol–water partition coefficient (Wildman–Crippen LogP) is 4.31. The molecule has 1 aliphatic rings. The summed E-state index contributed by atoms with van der Waals surface area (Å²) in [6, 6.07) is 2.36. The lowest BCUT2D eigenvalue weighted by molar-refractivity contribution is -0.137. The van der Waals surface area contributed by atoms with E-state index < -0.39 is 34.2 Å². The number of carbonyl (C=O) groups excluding carboxylic acids is 1. The lowest BCUT2D eigenvalue weighted by Gasteiger charge is -2.24. The minimum Gasteiger partial charge on any atom is -0.354 e. The van der Waals surface area contributed by atoms with Gasteiger partial charge in [-0.15, -0.1) is 0 Å². The standard InChI is InChI=1S/C18H24ClF3N2O3S2/c1-29(26,27)24(16-11-13(18(20,21)22)7-8-15(16)19)12-17(25)23-9-10-28-14-5-3-2-4-6-14/h7-8,11,14H,2-6,9-10,12H2,1H3,(H,23,25). The molecule has 1 saturated carbocycles. The fraction of sp³-hybridized carbons (Fsp3) is 0.611. The van der Waals surface area contributed by atoms with Gasteiger partial charge in [0.25, 0.3) is 0 Å². The third-order valence-corrected chi connectivity index (χ3v) is 7.39. The summed E-state index contributed by atoms with van der Waals surface area (Å²) in [4.78, 5) is 12.2. The van der Waals surface area contributed by atoms with E-state index in [1.54, 1.807) is 11.8 Å². The van der Waals surface area contributed by atoms with Gasteiger partial charge in [-0.25, -0.2) is 8.42 Å². The number of nitrogens with zero attached hydrogens (tertiary/aromatic N) is 1. The van der Waals surface area contributed by atoms with Crippen molar-refractivity contribution in [1.82, 2.24) is 5.32 Å². The van der Waals surface area contributed by atoms with Crippen molar-refractivity contribution < 1.29 is 26.4 Å². The second-order valence-corrected chi connectivity index (χ2v) is 10.6. The Kier molecular flexibility index (Phi) is 8.54. The van der Waals surface area contributed by atoms with E-state index in [4.69, 9.17) is 11.6 Å². The van der Waals surface area contributed by atoms with Crippen LogP contribution in [0, 0.1) is 0 Å². The first kappa shape index (κ1) is 24.1. The van der Waals surface area contributed by atoms with Crippen LogP contribution >= 0.6 is 23.4 Å². The maximum atomic E-state index is 13.0. The number of sulfonamides is 1. The third-order valence-electron chi connectivity index (χ3n) is 4.56. The zero-order chi connectivity index (χ0) is 21.7. The molecule has 0 heterocycles. The van der Waals surface area contributed by atoms with Crippen LogP contribution in [0.2, 0.25) is 5.02 Å². The van der Waals surface area contributed by atoms with Crippen LogP contribution in [0.15, 0.2) is 18.2 Å². The van der Waals surface area contributed by atoms with Gasteiger partial charge >= 0.3 is 6.18 Å². The summed E-state index contributed by atoms with van der Waals surface area (Å²) in [6.45, 7) is -0.290. The van der Waals surface area contributed by atoms with Crippen LogP contribution in [0.25, 0.3) is 0 Å². The molecule has 0 aromatic heterocycles. The van der Waals surface area contributed by atoms with Gasteiger partial charge in [0, 0.05) is 17.5 Å². The van der Waals surface area contributed by atoms with E-state index in [0.29, 0.717) is 27.9 Å². The first-order valence-corrected chi connectivity index (χ1v) is 12.5. The highest BCUT2D eigenvalue weighted by Crippen LogP contribution is 2.36. The van der Waals surface area contributed by atoms with Gasteiger partial charge in [0.15, 0.2) is 0 Å². The van der Waals surface area contributed by atoms with E-state index in [0.717, 1.165) is 31.2 Å². The number of thioether (sulfide) groups is 1. The lowest BCUT2D eigenvalue weighted by atomic mass is 10.0. The number of anilines is 1. The van der Waals surface area contributed by atoms with Crippen LogP contribution in [0.3, 0.4) is 0 Å². The predicted molar refractivity (Wildman–Crippen MR) is 111 cm³/mol. The molecule has 0 aliphatic heterocycles. The summed E-state index contributed by atoms with van der Waals surface area (Å²) in [6.07, 6.45) is 2.16. The Labute approximate surface area is 178 Å². The molecule has 1 N–H and O–H groups in total. The Morgan fingerprint density at radius 2 is 1.93 bits per heavy atom. The Hall–Kier alpha value is -1.13. The summed E-state index contributed by atoms with van der Waals surface area (Å²) < 4.78 is 63.8. The maximum Gasteiger partial charge on any atom is 0.416 e. The lowest BCUT2D eigenvalue weighted by Crippen LogP contribution is -2.41. The second-order valence-electron chi connectivity index (χ2n) is 6.91. The zero-order valence-electron chi connectivity index (χ0n) is 16.0. The molecule has 0 radical (unpaired) electrons. The van der Waals surface area contributed by atoms with Crippen LogP contribution in [0.1, 0.15) is 37.7 Å². The molecule has 164 valence electrons. The molecule has 1 fully saturated rings. The number of amides is 1. The van der Waals surface area contributed by atoms with Crippen molar-refractivity contribution >= 4 is 45.0 Å². The number of hydrogen-bond acceptors (Lipinski definition) is 4. The van der Waals surface area contributed by atoms with E-state index in [2.05, 4.69) is 5.32 Å². The van der Waals surface area contributed by atoms with Crippen molar-refractivity contribution in [1.29, 1.82) is 0 Å². The SMILES string of the molecule is CS(=O)(=O)N(CC(=O)NCCSC1CCCCC1)c1cc(C(F)(F)F)ccc1Cl. The van der Waals surface area contributed by atoms with E-state index in [1.807, 2.05) is 0 Å². The van der Waals surface area contributed by atoms with E-state index in [-0.39, 0.29) is 10.7 Å². The van der Waals surface area contributed by atoms with Gasteiger partial charge in [-0.1, -0.05) is 30.9 Å². The number of benzene rings is 1. The van der Waals surface area contributed by atoms with Gasteiger partial charge in [-0.3, -0.25) is 9.10 Å². The summed E-state index contributed by atoms with van der Waals surface area (Å²) in [5.74, 6) is 0.0905. The van der Waals surface area contributed by atoms with Crippen LogP contribution < -0.4 is 9.62 Å². The molecule has 1 amide bonds. The van der Waals surface area contributed by atoms with Crippen molar-refractivity contribution in [3.8, 4) is 0 Å². The average Bonchev–Trinajstić information content (AvgIpc) is 2.63. The van der Waals surface area contributed by atoms with Crippen molar-refractivity contribution in [2.75, 3.05) is 29.4 Å². The quantitative estimate of drug-likeness (QED) is 0.573. The van der Waals surface area contributed by atoms with Gasteiger partial charge in [0.1, 0.15) is 6.54 Å². The Bertz CT molecular complexity index is 813. The highest BCUT2D eigenvalue weighted by Gasteiger charge is 2.33. The minimum atomic E-state index is -4.67. The molecule has 29 heavy (non-hydrogen) atoms. The zero-order valence-corrected chi connectivity index (χ0v) is 18.4. The number of hydrogen-bond donors (Lipinski definition) is 1. The first-order valence-electron chi connectivity index (χ1n) is 9.21. The molecule has 5 nitrogen and oxygen atoms in total. The number of nitrogens with one attached hydrogen (secondary N) is 1. The maximum absolute atomic E-state index is 13.0. The summed E-state index contributed by atoms with van der Waals surface area (Å²) in [5, 5.41) is 3.02. The Morgan fingerprint density at radius 3 is 2.52 bits per heavy atom. The second kappa shape index (κ2) is 10.3. The van der Waals surface area contributed by atoms with Gasteiger partial charge in [-0.2, -0.15) is 24.9 Å². The molecule has 1 aromatic rings. The van der Waals surface area contributed by atoms with Crippen molar-refractivity contribution in [2.24, 2.45) is 0 Å². The van der Waals surface area contributed by atoms with Gasteiger partial charge in [-0.05, 0) is 31.0 Å². The number of halogens is 4. The molecular formula is C18H24ClF3N2O3S2. The number of carbonyl (C=O) groups is 1. The highest BCUT2D eigenvalue weighted by molar-refractivity contribution is 7.99. The van der Waals surface area contributed by atoms with E-state index >= 15 is 0 Å². The molecule has 0 saturated heterocycles. The smallest absolute Gasteiger partial charge is 0.354 e. The largest absolute Gasteiger partial charge is 0.416 e. The number of alkyl halides is 3. The van der Waals surface area contributed by atoms with Crippen molar-refractivity contribution in [2.45, 2.75) is 43.5 Å². The topological polar surface area (TPSA) is 66.5 Å². The molecule has 0 unspecified atom stereocenters. The molecular weight excluding hydrogens is 449 g/mol. The van der Waals surface area contributed by atoms with Crippen LogP contribution in [-0.4, -0.2) is 44.7 Å². The fourth-order valence-electron chi connectivity index (χ4n) is 3.10. The van der Waals surface area contributed by atoms with Gasteiger partial charge in [0.2, 0.25) is 15.9 Å². The molecule has 0 spiro atoms. The van der Waals surface area contributed by atoms with Crippen LogP contribution in [-0.2, 0) is 21.0 Å². The normalized spacial score (nSPS) is 15.9. The van der Waals surface area contributed by atoms with E-state index in [9.17, 15) is 26.4 Å². The van der Waals surface area contributed by atoms with Crippen LogP contribution in [0.4, 0.5) is 18.9 Å². The van der Waals surface area contributed by atoms with E-state index in [1.165, 1.54) is 19.3 Å². The monoisotopic (exact) mass is 472 g/mol. The highest BCUT2D eigenvalue weighted by atomic mass is 35.5. The molecule has 11 heteroatoms. The first-order chi connectivity index (χ1) is 13.5. The van der Waals surface area contributed by atoms with Gasteiger partial charge in [0.05, 0.1) is 22.5 Å². The minimum absolute atomic E-state index is 0.191. The summed E-state index contributed by atoms with van der Waals surface area (Å²) in [5.41, 5.74) is -1.43. The fourth-order valence-corrected chi connectivity index (χ4v) is 5.45. The molecule has 1 aromatic carbocycles.